The first-order valence-electron chi connectivity index (χ1n) is 6.30. The second-order valence-electron chi connectivity index (χ2n) is 4.42. The lowest BCUT2D eigenvalue weighted by Crippen LogP contribution is -2.35. The number of nitrogens with one attached hydrogen (secondary N) is 1. The summed E-state index contributed by atoms with van der Waals surface area (Å²) >= 11 is 5.85. The molecule has 0 saturated heterocycles. The molecule has 0 unspecified atom stereocenters. The Hall–Kier alpha value is -1.82. The van der Waals surface area contributed by atoms with E-state index < -0.39 is 4.92 Å². The predicted molar refractivity (Wildman–Crippen MR) is 76.1 cm³/mol. The Kier molecular flexibility index (Phi) is 6.24. The number of hydrogen-bond acceptors (Lipinski definition) is 4. The molecule has 20 heavy (non-hydrogen) atoms. The minimum atomic E-state index is -0.547. The van der Waals surface area contributed by atoms with Crippen molar-refractivity contribution >= 4 is 23.2 Å². The molecule has 7 heteroatoms. The second kappa shape index (κ2) is 7.69. The predicted octanol–water partition coefficient (Wildman–Crippen LogP) is 2.93. The fraction of sp³-hybridized carbons (Fsp3) is 0.462. The van der Waals surface area contributed by atoms with Gasteiger partial charge in [0.15, 0.2) is 6.61 Å². The zero-order valence-electron chi connectivity index (χ0n) is 11.4. The van der Waals surface area contributed by atoms with Gasteiger partial charge in [-0.1, -0.05) is 24.9 Å². The third-order valence-electron chi connectivity index (χ3n) is 2.61. The summed E-state index contributed by atoms with van der Waals surface area (Å²) in [7, 11) is 0. The first-order valence-corrected chi connectivity index (χ1v) is 6.68. The maximum absolute atomic E-state index is 11.6. The number of carbonyl (C=O) groups is 1. The Balaban J connectivity index is 2.53. The van der Waals surface area contributed by atoms with Crippen LogP contribution in [0.4, 0.5) is 5.69 Å². The standard InChI is InChI=1S/C13H17ClN2O4/c1-3-4-9(2)15-13(17)8-20-12-6-5-10(16(18)19)7-11(12)14/h5-7,9H,3-4,8H2,1-2H3,(H,15,17)/t9-/m1/s1. The molecule has 0 fully saturated rings. The Morgan fingerprint density at radius 3 is 2.80 bits per heavy atom. The van der Waals surface area contributed by atoms with Gasteiger partial charge in [-0.2, -0.15) is 0 Å². The highest BCUT2D eigenvalue weighted by molar-refractivity contribution is 6.32. The van der Waals surface area contributed by atoms with Crippen LogP contribution in [0.15, 0.2) is 18.2 Å². The van der Waals surface area contributed by atoms with E-state index in [1.165, 1.54) is 18.2 Å². The molecule has 0 spiro atoms. The Labute approximate surface area is 122 Å². The van der Waals surface area contributed by atoms with Crippen molar-refractivity contribution in [2.75, 3.05) is 6.61 Å². The first kappa shape index (κ1) is 16.2. The van der Waals surface area contributed by atoms with E-state index >= 15 is 0 Å². The lowest BCUT2D eigenvalue weighted by molar-refractivity contribution is -0.384. The van der Waals surface area contributed by atoms with Gasteiger partial charge < -0.3 is 10.1 Å². The molecule has 1 aromatic carbocycles. The Morgan fingerprint density at radius 1 is 1.55 bits per heavy atom. The van der Waals surface area contributed by atoms with Gasteiger partial charge in [-0.05, 0) is 19.4 Å². The van der Waals surface area contributed by atoms with E-state index in [1.807, 2.05) is 13.8 Å². The maximum atomic E-state index is 11.6. The van der Waals surface area contributed by atoms with Crippen LogP contribution in [0.25, 0.3) is 0 Å². The molecule has 0 aliphatic carbocycles. The van der Waals surface area contributed by atoms with Gasteiger partial charge in [0, 0.05) is 18.2 Å². The minimum absolute atomic E-state index is 0.0865. The smallest absolute Gasteiger partial charge is 0.271 e. The third kappa shape index (κ3) is 5.05. The highest BCUT2D eigenvalue weighted by Crippen LogP contribution is 2.28. The molecule has 0 radical (unpaired) electrons. The molecule has 0 aliphatic heterocycles. The number of non-ortho nitro benzene ring substituents is 1. The molecule has 6 nitrogen and oxygen atoms in total. The lowest BCUT2D eigenvalue weighted by atomic mass is 10.2. The highest BCUT2D eigenvalue weighted by atomic mass is 35.5. The van der Waals surface area contributed by atoms with Crippen molar-refractivity contribution in [2.24, 2.45) is 0 Å². The summed E-state index contributed by atoms with van der Waals surface area (Å²) in [6, 6.07) is 3.93. The number of nitro groups is 1. The topological polar surface area (TPSA) is 81.5 Å². The molecule has 0 heterocycles. The molecule has 0 aliphatic rings. The molecule has 1 rings (SSSR count). The van der Waals surface area contributed by atoms with Crippen LogP contribution in [-0.2, 0) is 4.79 Å². The van der Waals surface area contributed by atoms with Gasteiger partial charge in [0.2, 0.25) is 0 Å². The van der Waals surface area contributed by atoms with Crippen molar-refractivity contribution in [1.82, 2.24) is 5.32 Å². The highest BCUT2D eigenvalue weighted by Gasteiger charge is 2.12. The van der Waals surface area contributed by atoms with Crippen molar-refractivity contribution in [3.63, 3.8) is 0 Å². The number of hydrogen-bond donors (Lipinski definition) is 1. The zero-order valence-corrected chi connectivity index (χ0v) is 12.1. The number of nitro benzene ring substituents is 1. The van der Waals surface area contributed by atoms with Gasteiger partial charge in [-0.3, -0.25) is 14.9 Å². The van der Waals surface area contributed by atoms with Gasteiger partial charge >= 0.3 is 0 Å². The molecular weight excluding hydrogens is 284 g/mol. The van der Waals surface area contributed by atoms with Crippen molar-refractivity contribution in [3.8, 4) is 5.75 Å². The summed E-state index contributed by atoms with van der Waals surface area (Å²) in [5.74, 6) is -0.00377. The van der Waals surface area contributed by atoms with Crippen LogP contribution in [0.3, 0.4) is 0 Å². The summed E-state index contributed by atoms with van der Waals surface area (Å²) in [5.41, 5.74) is -0.122. The SMILES string of the molecule is CCC[C@@H](C)NC(=O)COc1ccc([N+](=O)[O-])cc1Cl. The molecule has 0 saturated carbocycles. The molecule has 1 aromatic rings. The average Bonchev–Trinajstić information content (AvgIpc) is 2.37. The Morgan fingerprint density at radius 2 is 2.25 bits per heavy atom. The normalized spacial score (nSPS) is 11.8. The van der Waals surface area contributed by atoms with E-state index in [0.29, 0.717) is 0 Å². The van der Waals surface area contributed by atoms with E-state index in [9.17, 15) is 14.9 Å². The van der Waals surface area contributed by atoms with Crippen LogP contribution < -0.4 is 10.1 Å². The Bertz CT molecular complexity index is 493. The maximum Gasteiger partial charge on any atom is 0.271 e. The number of halogens is 1. The molecule has 1 atom stereocenters. The van der Waals surface area contributed by atoms with Crippen LogP contribution in [-0.4, -0.2) is 23.5 Å². The number of nitrogens with zero attached hydrogens (tertiary/aromatic N) is 1. The summed E-state index contributed by atoms with van der Waals surface area (Å²) in [5, 5.41) is 13.4. The lowest BCUT2D eigenvalue weighted by Gasteiger charge is -2.13. The van der Waals surface area contributed by atoms with Crippen LogP contribution in [0.2, 0.25) is 5.02 Å². The summed E-state index contributed by atoms with van der Waals surface area (Å²) in [4.78, 5) is 21.6. The van der Waals surface area contributed by atoms with Crippen molar-refractivity contribution in [1.29, 1.82) is 0 Å². The van der Waals surface area contributed by atoms with Crippen LogP contribution in [0.5, 0.6) is 5.75 Å². The van der Waals surface area contributed by atoms with Crippen LogP contribution in [0, 0.1) is 10.1 Å². The van der Waals surface area contributed by atoms with E-state index in [0.717, 1.165) is 12.8 Å². The molecule has 110 valence electrons. The molecule has 1 amide bonds. The van der Waals surface area contributed by atoms with E-state index in [2.05, 4.69) is 5.32 Å². The number of benzene rings is 1. The third-order valence-corrected chi connectivity index (χ3v) is 2.91. The van der Waals surface area contributed by atoms with Crippen molar-refractivity contribution in [3.05, 3.63) is 33.3 Å². The monoisotopic (exact) mass is 300 g/mol. The summed E-state index contributed by atoms with van der Waals surface area (Å²) in [6.07, 6.45) is 1.88. The number of carbonyl (C=O) groups excluding carboxylic acids is 1. The quantitative estimate of drug-likeness (QED) is 0.620. The summed E-state index contributed by atoms with van der Waals surface area (Å²) < 4.78 is 5.25. The fourth-order valence-corrected chi connectivity index (χ4v) is 1.91. The summed E-state index contributed by atoms with van der Waals surface area (Å²) in [6.45, 7) is 3.78. The largest absolute Gasteiger partial charge is 0.482 e. The zero-order chi connectivity index (χ0) is 15.1. The van der Waals surface area contributed by atoms with E-state index in [-0.39, 0.29) is 35.0 Å². The molecular formula is C13H17ClN2O4. The first-order chi connectivity index (χ1) is 9.43. The number of ether oxygens (including phenoxy) is 1. The second-order valence-corrected chi connectivity index (χ2v) is 4.82. The van der Waals surface area contributed by atoms with Crippen molar-refractivity contribution < 1.29 is 14.5 Å². The van der Waals surface area contributed by atoms with E-state index in [1.54, 1.807) is 0 Å². The molecule has 1 N–H and O–H groups in total. The van der Waals surface area contributed by atoms with Gasteiger partial charge in [0.25, 0.3) is 11.6 Å². The van der Waals surface area contributed by atoms with Crippen molar-refractivity contribution in [2.45, 2.75) is 32.7 Å². The molecule has 0 bridgehead atoms. The van der Waals surface area contributed by atoms with Gasteiger partial charge in [-0.15, -0.1) is 0 Å². The number of amides is 1. The minimum Gasteiger partial charge on any atom is -0.482 e. The van der Waals surface area contributed by atoms with Crippen LogP contribution in [0.1, 0.15) is 26.7 Å². The average molecular weight is 301 g/mol. The molecule has 0 aromatic heterocycles. The number of rotatable bonds is 7. The van der Waals surface area contributed by atoms with E-state index in [4.69, 9.17) is 16.3 Å². The fourth-order valence-electron chi connectivity index (χ4n) is 1.69. The van der Waals surface area contributed by atoms with Crippen LogP contribution >= 0.6 is 11.6 Å². The van der Waals surface area contributed by atoms with Gasteiger partial charge in [0.1, 0.15) is 5.75 Å². The van der Waals surface area contributed by atoms with Gasteiger partial charge in [0.05, 0.1) is 9.95 Å². The van der Waals surface area contributed by atoms with Gasteiger partial charge in [-0.25, -0.2) is 0 Å².